The number of thioether (sulfide) groups is 1. The molecule has 0 spiro atoms. The lowest BCUT2D eigenvalue weighted by Gasteiger charge is -2.22. The average Bonchev–Trinajstić information content (AvgIpc) is 3.09. The normalized spacial score (nSPS) is 14.7. The summed E-state index contributed by atoms with van der Waals surface area (Å²) in [5.41, 5.74) is 1.33. The molecule has 1 aliphatic rings. The Kier molecular flexibility index (Phi) is 7.96. The molecule has 0 amide bonds. The summed E-state index contributed by atoms with van der Waals surface area (Å²) in [7, 11) is 0. The molecule has 7 heteroatoms. The van der Waals surface area contributed by atoms with E-state index >= 15 is 0 Å². The van der Waals surface area contributed by atoms with E-state index < -0.39 is 0 Å². The van der Waals surface area contributed by atoms with Gasteiger partial charge in [0.15, 0.2) is 10.6 Å². The third-order valence-corrected chi connectivity index (χ3v) is 7.35. The zero-order valence-electron chi connectivity index (χ0n) is 18.9. The smallest absolute Gasteiger partial charge is 0.270 e. The largest absolute Gasteiger partial charge is 0.303 e. The lowest BCUT2D eigenvalue weighted by Crippen LogP contribution is -2.31. The molecule has 4 rings (SSSR count). The van der Waals surface area contributed by atoms with Crippen LogP contribution in [0.3, 0.4) is 0 Å². The van der Waals surface area contributed by atoms with Gasteiger partial charge in [-0.2, -0.15) is 0 Å². The monoisotopic (exact) mass is 479 g/mol. The molecule has 172 valence electrons. The number of carbonyl (C=O) groups is 1. The molecule has 33 heavy (non-hydrogen) atoms. The van der Waals surface area contributed by atoms with Crippen molar-refractivity contribution in [3.63, 3.8) is 0 Å². The number of carbonyl (C=O) groups excluding carboxylic acids is 1. The predicted molar refractivity (Wildman–Crippen MR) is 138 cm³/mol. The minimum atomic E-state index is -0.358. The van der Waals surface area contributed by atoms with Crippen molar-refractivity contribution in [2.24, 2.45) is 0 Å². The standard InChI is InChI=1S/C26H29N3O2S2/c1-20(30)23-24(31)28(21-12-6-4-7-13-21)26(32)29(22-14-8-5-9-15-22)25(23)33-19-18-27-16-10-2-3-11-17-27/h4-9,12-15H,2-3,10-11,16-19H2,1H3. The SMILES string of the molecule is CC(=O)c1c(SCCN2CCCCCC2)n(-c2ccccc2)c(=S)n(-c2ccccc2)c1=O. The van der Waals surface area contributed by atoms with E-state index in [-0.39, 0.29) is 16.9 Å². The van der Waals surface area contributed by atoms with Gasteiger partial charge in [-0.15, -0.1) is 11.8 Å². The number of aromatic nitrogens is 2. The molecule has 2 aromatic carbocycles. The second-order valence-corrected chi connectivity index (χ2v) is 9.72. The number of benzene rings is 2. The molecular formula is C26H29N3O2S2. The maximum Gasteiger partial charge on any atom is 0.270 e. The number of ketones is 1. The second-order valence-electron chi connectivity index (χ2n) is 8.27. The van der Waals surface area contributed by atoms with Crippen LogP contribution in [0, 0.1) is 4.77 Å². The van der Waals surface area contributed by atoms with E-state index in [9.17, 15) is 9.59 Å². The van der Waals surface area contributed by atoms with Crippen molar-refractivity contribution in [2.75, 3.05) is 25.4 Å². The molecule has 1 saturated heterocycles. The van der Waals surface area contributed by atoms with Gasteiger partial charge in [-0.05, 0) is 69.3 Å². The Morgan fingerprint density at radius 1 is 0.879 bits per heavy atom. The van der Waals surface area contributed by atoms with Crippen LogP contribution in [-0.2, 0) is 0 Å². The summed E-state index contributed by atoms with van der Waals surface area (Å²) in [5.74, 6) is 0.540. The zero-order chi connectivity index (χ0) is 23.2. The summed E-state index contributed by atoms with van der Waals surface area (Å²) >= 11 is 7.41. The average molecular weight is 480 g/mol. The highest BCUT2D eigenvalue weighted by atomic mass is 32.2. The van der Waals surface area contributed by atoms with Crippen LogP contribution >= 0.6 is 24.0 Å². The summed E-state index contributed by atoms with van der Waals surface area (Å²) in [6.07, 6.45) is 5.06. The predicted octanol–water partition coefficient (Wildman–Crippen LogP) is 5.53. The molecule has 1 fully saturated rings. The summed E-state index contributed by atoms with van der Waals surface area (Å²) in [4.78, 5) is 28.9. The topological polar surface area (TPSA) is 47.2 Å². The molecule has 0 atom stereocenters. The Balaban J connectivity index is 1.82. The van der Waals surface area contributed by atoms with Gasteiger partial charge in [-0.3, -0.25) is 18.7 Å². The van der Waals surface area contributed by atoms with E-state index in [0.29, 0.717) is 15.5 Å². The van der Waals surface area contributed by atoms with Crippen LogP contribution in [0.4, 0.5) is 0 Å². The number of nitrogens with zero attached hydrogens (tertiary/aromatic N) is 3. The number of hydrogen-bond acceptors (Lipinski definition) is 5. The Morgan fingerprint density at radius 2 is 1.42 bits per heavy atom. The zero-order valence-corrected chi connectivity index (χ0v) is 20.5. The fraction of sp³-hybridized carbons (Fsp3) is 0.346. The highest BCUT2D eigenvalue weighted by molar-refractivity contribution is 7.99. The molecule has 3 aromatic rings. The van der Waals surface area contributed by atoms with Crippen LogP contribution in [0.15, 0.2) is 70.5 Å². The summed E-state index contributed by atoms with van der Waals surface area (Å²) in [5, 5.41) is 0.630. The van der Waals surface area contributed by atoms with E-state index in [1.165, 1.54) is 37.2 Å². The molecule has 0 bridgehead atoms. The third kappa shape index (κ3) is 5.37. The first-order valence-corrected chi connectivity index (χ1v) is 12.9. The van der Waals surface area contributed by atoms with E-state index in [0.717, 1.165) is 31.1 Å². The molecule has 2 heterocycles. The number of Topliss-reactive ketones (excluding diaryl/α,β-unsaturated/α-hetero) is 1. The van der Waals surface area contributed by atoms with Gasteiger partial charge < -0.3 is 4.90 Å². The minimum absolute atomic E-state index is 0.192. The first kappa shape index (κ1) is 23.7. The van der Waals surface area contributed by atoms with Crippen LogP contribution in [0.25, 0.3) is 11.4 Å². The van der Waals surface area contributed by atoms with Crippen molar-refractivity contribution < 1.29 is 4.79 Å². The third-order valence-electron chi connectivity index (χ3n) is 5.94. The second kappa shape index (κ2) is 11.1. The van der Waals surface area contributed by atoms with Crippen molar-refractivity contribution in [3.05, 3.63) is 81.4 Å². The summed E-state index contributed by atoms with van der Waals surface area (Å²) < 4.78 is 3.71. The van der Waals surface area contributed by atoms with Gasteiger partial charge in [0.2, 0.25) is 0 Å². The van der Waals surface area contributed by atoms with Crippen LogP contribution < -0.4 is 5.56 Å². The fourth-order valence-electron chi connectivity index (χ4n) is 4.27. The van der Waals surface area contributed by atoms with E-state index in [1.54, 1.807) is 11.8 Å². The Labute approximate surface area is 204 Å². The lowest BCUT2D eigenvalue weighted by atomic mass is 10.2. The lowest BCUT2D eigenvalue weighted by molar-refractivity contribution is 0.101. The van der Waals surface area contributed by atoms with Crippen LogP contribution in [0.5, 0.6) is 0 Å². The van der Waals surface area contributed by atoms with Gasteiger partial charge >= 0.3 is 0 Å². The molecule has 0 N–H and O–H groups in total. The first-order valence-electron chi connectivity index (χ1n) is 11.5. The van der Waals surface area contributed by atoms with Crippen molar-refractivity contribution in [1.29, 1.82) is 0 Å². The number of rotatable bonds is 7. The Morgan fingerprint density at radius 3 is 1.97 bits per heavy atom. The van der Waals surface area contributed by atoms with E-state index in [4.69, 9.17) is 12.2 Å². The number of hydrogen-bond donors (Lipinski definition) is 0. The van der Waals surface area contributed by atoms with Gasteiger partial charge in [0, 0.05) is 18.0 Å². The Hall–Kier alpha value is -2.48. The molecule has 1 aromatic heterocycles. The van der Waals surface area contributed by atoms with E-state index in [1.807, 2.05) is 65.2 Å². The minimum Gasteiger partial charge on any atom is -0.303 e. The van der Waals surface area contributed by atoms with Crippen LogP contribution in [0.1, 0.15) is 43.0 Å². The van der Waals surface area contributed by atoms with Gasteiger partial charge in [-0.1, -0.05) is 49.2 Å². The van der Waals surface area contributed by atoms with Crippen molar-refractivity contribution in [2.45, 2.75) is 37.6 Å². The molecule has 0 saturated carbocycles. The molecule has 0 aliphatic carbocycles. The number of para-hydroxylation sites is 2. The molecule has 0 unspecified atom stereocenters. The maximum atomic E-state index is 13.6. The highest BCUT2D eigenvalue weighted by Gasteiger charge is 2.23. The van der Waals surface area contributed by atoms with E-state index in [2.05, 4.69) is 4.90 Å². The molecular weight excluding hydrogens is 450 g/mol. The van der Waals surface area contributed by atoms with Gasteiger partial charge in [0.1, 0.15) is 5.56 Å². The molecule has 0 radical (unpaired) electrons. The Bertz CT molecular complexity index is 1210. The fourth-order valence-corrected chi connectivity index (χ4v) is 5.95. The van der Waals surface area contributed by atoms with Gasteiger partial charge in [0.05, 0.1) is 10.7 Å². The maximum absolute atomic E-state index is 13.6. The quantitative estimate of drug-likeness (QED) is 0.193. The van der Waals surface area contributed by atoms with Crippen LogP contribution in [-0.4, -0.2) is 45.2 Å². The van der Waals surface area contributed by atoms with Gasteiger partial charge in [0.25, 0.3) is 5.56 Å². The number of likely N-dealkylation sites (tertiary alicyclic amines) is 1. The van der Waals surface area contributed by atoms with Crippen LogP contribution in [0.2, 0.25) is 0 Å². The van der Waals surface area contributed by atoms with Gasteiger partial charge in [-0.25, -0.2) is 0 Å². The van der Waals surface area contributed by atoms with Crippen molar-refractivity contribution in [3.8, 4) is 11.4 Å². The molecule has 1 aliphatic heterocycles. The van der Waals surface area contributed by atoms with Crippen molar-refractivity contribution >= 4 is 29.8 Å². The summed E-state index contributed by atoms with van der Waals surface area (Å²) in [6.45, 7) is 4.61. The summed E-state index contributed by atoms with van der Waals surface area (Å²) in [6, 6.07) is 19.0. The highest BCUT2D eigenvalue weighted by Crippen LogP contribution is 2.27. The first-order chi connectivity index (χ1) is 16.1. The molecule has 5 nitrogen and oxygen atoms in total. The van der Waals surface area contributed by atoms with Crippen molar-refractivity contribution in [1.82, 2.24) is 14.0 Å².